The molecule has 0 fully saturated rings. The van der Waals surface area contributed by atoms with Gasteiger partial charge >= 0.3 is 0 Å². The van der Waals surface area contributed by atoms with E-state index in [4.69, 9.17) is 10.2 Å². The number of rotatable bonds is 9. The first-order chi connectivity index (χ1) is 13.8. The number of aliphatic hydroxyl groups is 2. The lowest BCUT2D eigenvalue weighted by Gasteiger charge is -2.23. The third-order valence-corrected chi connectivity index (χ3v) is 4.61. The smallest absolute Gasteiger partial charge is 0.227 e. The van der Waals surface area contributed by atoms with Crippen LogP contribution in [0.2, 0.25) is 0 Å². The van der Waals surface area contributed by atoms with Crippen molar-refractivity contribution >= 4 is 11.7 Å². The Morgan fingerprint density at radius 3 is 2.07 bits per heavy atom. The van der Waals surface area contributed by atoms with Gasteiger partial charge in [0.15, 0.2) is 5.78 Å². The van der Waals surface area contributed by atoms with Gasteiger partial charge in [0.1, 0.15) is 17.3 Å². The normalized spacial score (nSPS) is 10.8. The van der Waals surface area contributed by atoms with Gasteiger partial charge in [0.25, 0.3) is 0 Å². The summed E-state index contributed by atoms with van der Waals surface area (Å²) in [6.07, 6.45) is -0.0359. The number of hydrogen-bond acceptors (Lipinski definition) is 6. The van der Waals surface area contributed by atoms with E-state index in [0.717, 1.165) is 18.2 Å². The zero-order chi connectivity index (χ0) is 21.6. The molecule has 0 unspecified atom stereocenters. The number of aromatic hydroxyl groups is 2. The molecule has 2 rings (SSSR count). The van der Waals surface area contributed by atoms with Gasteiger partial charge in [-0.2, -0.15) is 0 Å². The van der Waals surface area contributed by atoms with Crippen LogP contribution in [0.3, 0.4) is 0 Å². The number of hydrogen-bond donors (Lipinski definition) is 4. The largest absolute Gasteiger partial charge is 0.508 e. The fourth-order valence-electron chi connectivity index (χ4n) is 3.20. The molecule has 8 heteroatoms. The van der Waals surface area contributed by atoms with Gasteiger partial charge in [-0.3, -0.25) is 9.59 Å². The van der Waals surface area contributed by atoms with Crippen LogP contribution in [0.5, 0.6) is 11.5 Å². The minimum Gasteiger partial charge on any atom is -0.508 e. The van der Waals surface area contributed by atoms with Crippen molar-refractivity contribution in [1.82, 2.24) is 4.90 Å². The average molecular weight is 405 g/mol. The number of benzene rings is 2. The predicted octanol–water partition coefficient (Wildman–Crippen LogP) is 1.39. The van der Waals surface area contributed by atoms with Crippen LogP contribution in [0.4, 0.5) is 4.39 Å². The Morgan fingerprint density at radius 1 is 0.966 bits per heavy atom. The number of amides is 1. The van der Waals surface area contributed by atoms with E-state index in [1.165, 1.54) is 17.0 Å². The van der Waals surface area contributed by atoms with Crippen molar-refractivity contribution in [3.63, 3.8) is 0 Å². The van der Waals surface area contributed by atoms with Crippen LogP contribution in [0, 0.1) is 5.82 Å². The lowest BCUT2D eigenvalue weighted by Crippen LogP contribution is -2.37. The third kappa shape index (κ3) is 5.10. The molecule has 0 aliphatic carbocycles. The number of phenols is 2. The summed E-state index contributed by atoms with van der Waals surface area (Å²) in [4.78, 5) is 27.0. The number of phenolic OH excluding ortho intramolecular Hbond substituents is 2. The molecule has 0 saturated heterocycles. The SMILES string of the molecule is CCc1c(O)cc(O)c(C(=O)c2ccc(F)cc2)c1CC(=O)N(CCO)CCO. The summed E-state index contributed by atoms with van der Waals surface area (Å²) in [5.41, 5.74) is 0.457. The fraction of sp³-hybridized carbons (Fsp3) is 0.333. The van der Waals surface area contributed by atoms with E-state index in [2.05, 4.69) is 0 Å². The molecule has 29 heavy (non-hydrogen) atoms. The number of aliphatic hydroxyl groups excluding tert-OH is 2. The summed E-state index contributed by atoms with van der Waals surface area (Å²) >= 11 is 0. The third-order valence-electron chi connectivity index (χ3n) is 4.61. The summed E-state index contributed by atoms with van der Waals surface area (Å²) in [6, 6.07) is 5.81. The standard InChI is InChI=1S/C21H24FNO6/c1-2-15-16(11-19(28)23(7-9-24)8-10-25)20(18(27)12-17(15)26)21(29)13-3-5-14(22)6-4-13/h3-6,12,24-27H,2,7-11H2,1H3. The van der Waals surface area contributed by atoms with E-state index >= 15 is 0 Å². The monoisotopic (exact) mass is 405 g/mol. The Morgan fingerprint density at radius 2 is 1.55 bits per heavy atom. The molecule has 7 nitrogen and oxygen atoms in total. The molecule has 0 heterocycles. The molecule has 0 bridgehead atoms. The first-order valence-electron chi connectivity index (χ1n) is 9.20. The molecule has 0 saturated carbocycles. The highest BCUT2D eigenvalue weighted by atomic mass is 19.1. The van der Waals surface area contributed by atoms with Gasteiger partial charge in [-0.15, -0.1) is 0 Å². The molecule has 0 aliphatic rings. The molecule has 2 aromatic rings. The van der Waals surface area contributed by atoms with Crippen molar-refractivity contribution < 1.29 is 34.4 Å². The van der Waals surface area contributed by atoms with E-state index in [0.29, 0.717) is 12.0 Å². The van der Waals surface area contributed by atoms with Gasteiger partial charge in [-0.25, -0.2) is 4.39 Å². The van der Waals surface area contributed by atoms with Gasteiger partial charge in [-0.05, 0) is 41.8 Å². The minimum atomic E-state index is -0.615. The molecule has 0 atom stereocenters. The average Bonchev–Trinajstić information content (AvgIpc) is 2.68. The molecular formula is C21H24FNO6. The summed E-state index contributed by atoms with van der Waals surface area (Å²) in [5, 5.41) is 38.9. The maximum atomic E-state index is 13.2. The minimum absolute atomic E-state index is 0.00705. The van der Waals surface area contributed by atoms with Crippen molar-refractivity contribution in [2.24, 2.45) is 0 Å². The summed E-state index contributed by atoms with van der Waals surface area (Å²) in [6.45, 7) is 1.10. The van der Waals surface area contributed by atoms with Crippen molar-refractivity contribution in [2.75, 3.05) is 26.3 Å². The van der Waals surface area contributed by atoms with Crippen LogP contribution in [0.1, 0.15) is 34.0 Å². The lowest BCUT2D eigenvalue weighted by molar-refractivity contribution is -0.131. The van der Waals surface area contributed by atoms with E-state index in [9.17, 15) is 24.2 Å². The van der Waals surface area contributed by atoms with Crippen molar-refractivity contribution in [2.45, 2.75) is 19.8 Å². The number of carbonyl (C=O) groups is 2. The second kappa shape index (κ2) is 9.99. The van der Waals surface area contributed by atoms with Crippen molar-refractivity contribution in [1.29, 1.82) is 0 Å². The Labute approximate surface area is 167 Å². The fourth-order valence-corrected chi connectivity index (χ4v) is 3.20. The molecule has 2 aromatic carbocycles. The van der Waals surface area contributed by atoms with Gasteiger partial charge in [0, 0.05) is 24.7 Å². The van der Waals surface area contributed by atoms with Gasteiger partial charge < -0.3 is 25.3 Å². The van der Waals surface area contributed by atoms with Crippen LogP contribution in [-0.4, -0.2) is 63.3 Å². The summed E-state index contributed by atoms with van der Waals surface area (Å²) in [7, 11) is 0. The zero-order valence-electron chi connectivity index (χ0n) is 16.1. The molecule has 0 aliphatic heterocycles. The number of ketones is 1. The highest BCUT2D eigenvalue weighted by Crippen LogP contribution is 2.35. The van der Waals surface area contributed by atoms with Crippen LogP contribution < -0.4 is 0 Å². The Kier molecular flexibility index (Phi) is 7.69. The van der Waals surface area contributed by atoms with E-state index in [-0.39, 0.29) is 55.2 Å². The quantitative estimate of drug-likeness (QED) is 0.468. The molecule has 0 radical (unpaired) electrons. The van der Waals surface area contributed by atoms with Gasteiger partial charge in [0.05, 0.1) is 25.2 Å². The Hall–Kier alpha value is -2.97. The van der Waals surface area contributed by atoms with Gasteiger partial charge in [-0.1, -0.05) is 6.92 Å². The van der Waals surface area contributed by atoms with Crippen LogP contribution in [-0.2, 0) is 17.6 Å². The predicted molar refractivity (Wildman–Crippen MR) is 103 cm³/mol. The van der Waals surface area contributed by atoms with Crippen LogP contribution in [0.25, 0.3) is 0 Å². The molecule has 0 aromatic heterocycles. The maximum Gasteiger partial charge on any atom is 0.227 e. The molecular weight excluding hydrogens is 381 g/mol. The zero-order valence-corrected chi connectivity index (χ0v) is 16.1. The van der Waals surface area contributed by atoms with Gasteiger partial charge in [0.2, 0.25) is 5.91 Å². The molecule has 1 amide bonds. The highest BCUT2D eigenvalue weighted by Gasteiger charge is 2.26. The second-order valence-electron chi connectivity index (χ2n) is 6.44. The molecule has 4 N–H and O–H groups in total. The first kappa shape index (κ1) is 22.3. The number of halogens is 1. The molecule has 156 valence electrons. The second-order valence-corrected chi connectivity index (χ2v) is 6.44. The van der Waals surface area contributed by atoms with Crippen molar-refractivity contribution in [3.8, 4) is 11.5 Å². The summed E-state index contributed by atoms with van der Waals surface area (Å²) < 4.78 is 13.2. The number of carbonyl (C=O) groups excluding carboxylic acids is 2. The van der Waals surface area contributed by atoms with E-state index < -0.39 is 23.3 Å². The van der Waals surface area contributed by atoms with Crippen molar-refractivity contribution in [3.05, 3.63) is 58.4 Å². The first-order valence-corrected chi connectivity index (χ1v) is 9.20. The number of nitrogens with zero attached hydrogens (tertiary/aromatic N) is 1. The molecule has 0 spiro atoms. The van der Waals surface area contributed by atoms with E-state index in [1.807, 2.05) is 0 Å². The maximum absolute atomic E-state index is 13.2. The lowest BCUT2D eigenvalue weighted by atomic mass is 9.89. The topological polar surface area (TPSA) is 118 Å². The Balaban J connectivity index is 2.55. The summed E-state index contributed by atoms with van der Waals surface area (Å²) in [5.74, 6) is -2.37. The van der Waals surface area contributed by atoms with E-state index in [1.54, 1.807) is 6.92 Å². The highest BCUT2D eigenvalue weighted by molar-refractivity contribution is 6.12. The van der Waals surface area contributed by atoms with Crippen LogP contribution >= 0.6 is 0 Å². The van der Waals surface area contributed by atoms with Crippen LogP contribution in [0.15, 0.2) is 30.3 Å². The Bertz CT molecular complexity index is 876.